The lowest BCUT2D eigenvalue weighted by Gasteiger charge is -2.13. The predicted molar refractivity (Wildman–Crippen MR) is 70.1 cm³/mol. The Bertz CT molecular complexity index is 546. The van der Waals surface area contributed by atoms with Crippen LogP contribution in [-0.2, 0) is 0 Å². The van der Waals surface area contributed by atoms with Crippen LogP contribution in [0.1, 0.15) is 20.4 Å². The molecule has 0 saturated carbocycles. The minimum Gasteiger partial charge on any atom is -0.493 e. The van der Waals surface area contributed by atoms with Crippen molar-refractivity contribution in [1.82, 2.24) is 9.78 Å². The fourth-order valence-corrected chi connectivity index (χ4v) is 1.86. The lowest BCUT2D eigenvalue weighted by molar-refractivity contribution is 0.0566. The molecule has 6 heteroatoms. The number of halogens is 2. The molecule has 1 aromatic heterocycles. The summed E-state index contributed by atoms with van der Waals surface area (Å²) in [4.78, 5) is 0. The van der Waals surface area contributed by atoms with E-state index in [1.54, 1.807) is 12.1 Å². The second kappa shape index (κ2) is 6.36. The molecule has 0 aliphatic carbocycles. The second-order valence-corrected chi connectivity index (χ2v) is 3.91. The van der Waals surface area contributed by atoms with E-state index >= 15 is 0 Å². The lowest BCUT2D eigenvalue weighted by Crippen LogP contribution is -1.99. The van der Waals surface area contributed by atoms with Crippen molar-refractivity contribution in [3.8, 4) is 22.6 Å². The van der Waals surface area contributed by atoms with Gasteiger partial charge in [-0.2, -0.15) is 13.9 Å². The molecule has 2 aromatic rings. The highest BCUT2D eigenvalue weighted by molar-refractivity contribution is 5.75. The Morgan fingerprint density at radius 3 is 2.25 bits per heavy atom. The fraction of sp³-hybridized carbons (Fsp3) is 0.357. The molecule has 1 heterocycles. The van der Waals surface area contributed by atoms with Gasteiger partial charge in [0.25, 0.3) is 0 Å². The summed E-state index contributed by atoms with van der Waals surface area (Å²) >= 11 is 0. The van der Waals surface area contributed by atoms with Gasteiger partial charge in [0.15, 0.2) is 0 Å². The molecule has 0 aliphatic rings. The number of hydrogen-bond acceptors (Lipinski definition) is 3. The largest absolute Gasteiger partial charge is 0.493 e. The minimum absolute atomic E-state index is 0.458. The van der Waals surface area contributed by atoms with E-state index in [1.807, 2.05) is 13.8 Å². The van der Waals surface area contributed by atoms with Gasteiger partial charge in [0.05, 0.1) is 25.0 Å². The van der Waals surface area contributed by atoms with Gasteiger partial charge in [0.1, 0.15) is 11.5 Å². The number of hydrogen-bond donors (Lipinski definition) is 0. The van der Waals surface area contributed by atoms with Gasteiger partial charge in [-0.25, -0.2) is 4.68 Å². The Balaban J connectivity index is 2.50. The van der Waals surface area contributed by atoms with Crippen LogP contribution in [-0.4, -0.2) is 23.0 Å². The predicted octanol–water partition coefficient (Wildman–Crippen LogP) is 3.54. The molecule has 0 unspecified atom stereocenters. The SMILES string of the molecule is CCOc1c[c]cc(OCC)c1-c1cnn(C(F)F)c1. The quantitative estimate of drug-likeness (QED) is 0.812. The zero-order valence-electron chi connectivity index (χ0n) is 11.3. The average molecular weight is 281 g/mol. The van der Waals surface area contributed by atoms with E-state index in [4.69, 9.17) is 9.47 Å². The van der Waals surface area contributed by atoms with Crippen molar-refractivity contribution in [2.24, 2.45) is 0 Å². The van der Waals surface area contributed by atoms with Crippen molar-refractivity contribution in [2.45, 2.75) is 20.4 Å². The Morgan fingerprint density at radius 1 is 1.20 bits per heavy atom. The summed E-state index contributed by atoms with van der Waals surface area (Å²) in [6.07, 6.45) is 2.64. The molecule has 0 amide bonds. The Kier molecular flexibility index (Phi) is 4.55. The highest BCUT2D eigenvalue weighted by Gasteiger charge is 2.17. The standard InChI is InChI=1S/C14H15F2N2O2/c1-3-19-11-6-5-7-12(20-4-2)13(11)10-8-17-18(9-10)14(15)16/h6-9,14H,3-4H2,1-2H3. The van der Waals surface area contributed by atoms with Crippen molar-refractivity contribution >= 4 is 0 Å². The zero-order chi connectivity index (χ0) is 14.5. The first-order chi connectivity index (χ1) is 9.67. The third-order valence-electron chi connectivity index (χ3n) is 2.61. The first kappa shape index (κ1) is 14.3. The molecule has 4 nitrogen and oxygen atoms in total. The number of ether oxygens (including phenoxy) is 2. The third-order valence-corrected chi connectivity index (χ3v) is 2.61. The first-order valence-corrected chi connectivity index (χ1v) is 6.29. The molecular formula is C14H15F2N2O2. The summed E-state index contributed by atoms with van der Waals surface area (Å²) in [5.41, 5.74) is 1.13. The molecule has 0 aliphatic heterocycles. The van der Waals surface area contributed by atoms with Crippen LogP contribution in [0.25, 0.3) is 11.1 Å². The van der Waals surface area contributed by atoms with Crippen LogP contribution in [0, 0.1) is 6.07 Å². The van der Waals surface area contributed by atoms with Crippen LogP contribution in [0.3, 0.4) is 0 Å². The number of benzene rings is 1. The average Bonchev–Trinajstić information content (AvgIpc) is 2.89. The topological polar surface area (TPSA) is 36.3 Å². The minimum atomic E-state index is -2.68. The van der Waals surface area contributed by atoms with E-state index < -0.39 is 6.55 Å². The molecule has 1 aromatic carbocycles. The van der Waals surface area contributed by atoms with Crippen LogP contribution in [0.15, 0.2) is 24.5 Å². The number of alkyl halides is 2. The van der Waals surface area contributed by atoms with Crippen molar-refractivity contribution in [3.63, 3.8) is 0 Å². The molecule has 0 N–H and O–H groups in total. The summed E-state index contributed by atoms with van der Waals surface area (Å²) < 4.78 is 36.9. The highest BCUT2D eigenvalue weighted by Crippen LogP contribution is 2.38. The molecule has 20 heavy (non-hydrogen) atoms. The smallest absolute Gasteiger partial charge is 0.333 e. The summed E-state index contributed by atoms with van der Waals surface area (Å²) in [5.74, 6) is 1.07. The number of nitrogens with zero attached hydrogens (tertiary/aromatic N) is 2. The van der Waals surface area contributed by atoms with Crippen LogP contribution >= 0.6 is 0 Å². The van der Waals surface area contributed by atoms with Crippen LogP contribution < -0.4 is 9.47 Å². The highest BCUT2D eigenvalue weighted by atomic mass is 19.3. The Morgan fingerprint density at radius 2 is 1.80 bits per heavy atom. The van der Waals surface area contributed by atoms with E-state index in [-0.39, 0.29) is 0 Å². The van der Waals surface area contributed by atoms with E-state index in [1.165, 1.54) is 12.4 Å². The molecule has 0 fully saturated rings. The maximum Gasteiger partial charge on any atom is 0.333 e. The van der Waals surface area contributed by atoms with E-state index in [9.17, 15) is 8.78 Å². The van der Waals surface area contributed by atoms with E-state index in [0.717, 1.165) is 0 Å². The van der Waals surface area contributed by atoms with Gasteiger partial charge in [-0.1, -0.05) is 0 Å². The molecular weight excluding hydrogens is 266 g/mol. The number of rotatable bonds is 6. The van der Waals surface area contributed by atoms with Gasteiger partial charge in [0.2, 0.25) is 0 Å². The van der Waals surface area contributed by atoms with Gasteiger partial charge in [-0.05, 0) is 32.0 Å². The summed E-state index contributed by atoms with van der Waals surface area (Å²) in [6, 6.07) is 6.22. The van der Waals surface area contributed by atoms with Crippen molar-refractivity contribution in [2.75, 3.05) is 13.2 Å². The van der Waals surface area contributed by atoms with Crippen molar-refractivity contribution < 1.29 is 18.3 Å². The van der Waals surface area contributed by atoms with Crippen LogP contribution in [0.2, 0.25) is 0 Å². The molecule has 0 bridgehead atoms. The number of aromatic nitrogens is 2. The van der Waals surface area contributed by atoms with Gasteiger partial charge >= 0.3 is 6.55 Å². The Hall–Kier alpha value is -2.11. The van der Waals surface area contributed by atoms with Gasteiger partial charge in [0, 0.05) is 11.8 Å². The molecule has 107 valence electrons. The molecule has 0 atom stereocenters. The van der Waals surface area contributed by atoms with E-state index in [0.29, 0.717) is 40.5 Å². The first-order valence-electron chi connectivity index (χ1n) is 6.29. The zero-order valence-corrected chi connectivity index (χ0v) is 11.3. The molecule has 1 radical (unpaired) electrons. The third kappa shape index (κ3) is 2.89. The second-order valence-electron chi connectivity index (χ2n) is 3.91. The van der Waals surface area contributed by atoms with Gasteiger partial charge in [-0.15, -0.1) is 0 Å². The Labute approximate surface area is 115 Å². The summed E-state index contributed by atoms with van der Waals surface area (Å²) in [6.45, 7) is 1.93. The summed E-state index contributed by atoms with van der Waals surface area (Å²) in [7, 11) is 0. The van der Waals surface area contributed by atoms with Crippen molar-refractivity contribution in [3.05, 3.63) is 30.6 Å². The van der Waals surface area contributed by atoms with E-state index in [2.05, 4.69) is 11.2 Å². The fourth-order valence-electron chi connectivity index (χ4n) is 1.86. The van der Waals surface area contributed by atoms with Crippen LogP contribution in [0.5, 0.6) is 11.5 Å². The van der Waals surface area contributed by atoms with Gasteiger partial charge < -0.3 is 9.47 Å². The molecule has 0 saturated heterocycles. The lowest BCUT2D eigenvalue weighted by atomic mass is 10.1. The monoisotopic (exact) mass is 281 g/mol. The van der Waals surface area contributed by atoms with Gasteiger partial charge in [-0.3, -0.25) is 0 Å². The van der Waals surface area contributed by atoms with Crippen LogP contribution in [0.4, 0.5) is 8.78 Å². The molecule has 2 rings (SSSR count). The maximum atomic E-state index is 12.6. The van der Waals surface area contributed by atoms with Crippen molar-refractivity contribution in [1.29, 1.82) is 0 Å². The summed E-state index contributed by atoms with van der Waals surface area (Å²) in [5, 5.41) is 3.64. The maximum absolute atomic E-state index is 12.6. The normalized spacial score (nSPS) is 10.8. The molecule has 0 spiro atoms.